The van der Waals surface area contributed by atoms with Crippen LogP contribution in [0.1, 0.15) is 61.3 Å². The van der Waals surface area contributed by atoms with Gasteiger partial charge in [-0.05, 0) is 83.0 Å². The fraction of sp³-hybridized carbons (Fsp3) is 0.333. The number of rotatable bonds is 6. The van der Waals surface area contributed by atoms with E-state index in [0.29, 0.717) is 28.8 Å². The molecule has 1 fully saturated rings. The zero-order valence-corrected chi connectivity index (χ0v) is 20.6. The Morgan fingerprint density at radius 2 is 1.83 bits per heavy atom. The molecule has 1 aromatic carbocycles. The van der Waals surface area contributed by atoms with Crippen molar-refractivity contribution >= 4 is 22.6 Å². The highest BCUT2D eigenvalue weighted by molar-refractivity contribution is 6.13. The van der Waals surface area contributed by atoms with Gasteiger partial charge in [-0.25, -0.2) is 14.6 Å². The van der Waals surface area contributed by atoms with Gasteiger partial charge in [0.1, 0.15) is 17.2 Å². The molecule has 0 saturated heterocycles. The second kappa shape index (κ2) is 8.69. The molecular weight excluding hydrogens is 442 g/mol. The van der Waals surface area contributed by atoms with Gasteiger partial charge in [0.2, 0.25) is 5.88 Å². The van der Waals surface area contributed by atoms with Gasteiger partial charge >= 0.3 is 0 Å². The van der Waals surface area contributed by atoms with Crippen LogP contribution in [0, 0.1) is 6.92 Å². The van der Waals surface area contributed by atoms with Crippen LogP contribution in [0.3, 0.4) is 0 Å². The Kier molecular flexibility index (Phi) is 5.67. The fourth-order valence-corrected chi connectivity index (χ4v) is 4.06. The van der Waals surface area contributed by atoms with Crippen molar-refractivity contribution in [2.45, 2.75) is 52.0 Å². The number of pyridine rings is 2. The fourth-order valence-electron chi connectivity index (χ4n) is 4.06. The highest BCUT2D eigenvalue weighted by Crippen LogP contribution is 2.41. The van der Waals surface area contributed by atoms with E-state index in [1.165, 1.54) is 0 Å². The maximum Gasteiger partial charge on any atom is 0.256 e. The maximum atomic E-state index is 13.6. The highest BCUT2D eigenvalue weighted by Gasteiger charge is 2.30. The molecule has 4 aromatic rings. The molecule has 3 aromatic heterocycles. The minimum Gasteiger partial charge on any atom is -0.497 e. The van der Waals surface area contributed by atoms with E-state index in [4.69, 9.17) is 19.6 Å². The normalized spacial score (nSPS) is 13.6. The molecule has 0 unspecified atom stereocenters. The molecule has 3 heterocycles. The van der Waals surface area contributed by atoms with Gasteiger partial charge in [0.15, 0.2) is 5.65 Å². The summed E-state index contributed by atoms with van der Waals surface area (Å²) >= 11 is 0. The number of fused-ring (bicyclic) bond motifs is 1. The lowest BCUT2D eigenvalue weighted by Crippen LogP contribution is -2.23. The van der Waals surface area contributed by atoms with Gasteiger partial charge in [-0.3, -0.25) is 4.79 Å². The second-order valence-corrected chi connectivity index (χ2v) is 9.82. The number of methoxy groups -OCH3 is 1. The molecule has 8 nitrogen and oxygen atoms in total. The van der Waals surface area contributed by atoms with Crippen molar-refractivity contribution < 1.29 is 14.3 Å². The van der Waals surface area contributed by atoms with E-state index in [-0.39, 0.29) is 11.4 Å². The SMILES string of the molecule is COc1ccc(Oc2ncccc2NC(=O)c2cc(C3CC3)nc3c2c(C)nn3C(C)(C)C)cc1. The predicted molar refractivity (Wildman–Crippen MR) is 134 cm³/mol. The van der Waals surface area contributed by atoms with E-state index in [1.807, 2.05) is 17.7 Å². The van der Waals surface area contributed by atoms with Gasteiger partial charge in [0.05, 0.1) is 29.3 Å². The van der Waals surface area contributed by atoms with Crippen LogP contribution in [0.4, 0.5) is 5.69 Å². The summed E-state index contributed by atoms with van der Waals surface area (Å²) in [4.78, 5) is 22.9. The summed E-state index contributed by atoms with van der Waals surface area (Å²) in [5.41, 5.74) is 3.23. The van der Waals surface area contributed by atoms with Crippen molar-refractivity contribution in [2.24, 2.45) is 0 Å². The van der Waals surface area contributed by atoms with E-state index in [2.05, 4.69) is 31.1 Å². The highest BCUT2D eigenvalue weighted by atomic mass is 16.5. The van der Waals surface area contributed by atoms with E-state index in [0.717, 1.165) is 41.0 Å². The number of hydrogen-bond donors (Lipinski definition) is 1. The van der Waals surface area contributed by atoms with Crippen molar-refractivity contribution in [1.82, 2.24) is 19.7 Å². The Labute approximate surface area is 204 Å². The van der Waals surface area contributed by atoms with Crippen LogP contribution < -0.4 is 14.8 Å². The second-order valence-electron chi connectivity index (χ2n) is 9.82. The Hall–Kier alpha value is -3.94. The Morgan fingerprint density at radius 1 is 1.11 bits per heavy atom. The molecule has 5 rings (SSSR count). The lowest BCUT2D eigenvalue weighted by atomic mass is 10.1. The molecule has 1 amide bonds. The molecule has 0 bridgehead atoms. The molecule has 1 N–H and O–H groups in total. The molecule has 1 saturated carbocycles. The first-order chi connectivity index (χ1) is 16.7. The molecule has 0 atom stereocenters. The summed E-state index contributed by atoms with van der Waals surface area (Å²) in [7, 11) is 1.61. The molecular formula is C27H29N5O3. The number of amides is 1. The van der Waals surface area contributed by atoms with Crippen LogP contribution in [-0.4, -0.2) is 32.8 Å². The summed E-state index contributed by atoms with van der Waals surface area (Å²) in [6.45, 7) is 8.18. The number of nitrogens with zero attached hydrogens (tertiary/aromatic N) is 4. The lowest BCUT2D eigenvalue weighted by molar-refractivity contribution is 0.102. The van der Waals surface area contributed by atoms with Crippen molar-refractivity contribution in [3.8, 4) is 17.4 Å². The molecule has 0 aliphatic heterocycles. The number of ether oxygens (including phenoxy) is 2. The molecule has 1 aliphatic rings. The van der Waals surface area contributed by atoms with E-state index < -0.39 is 0 Å². The number of hydrogen-bond acceptors (Lipinski definition) is 6. The third-order valence-electron chi connectivity index (χ3n) is 6.00. The standard InChI is InChI=1S/C27H29N5O3/c1-16-23-20(15-22(17-8-9-17)29-24(23)32(31-16)27(2,3)4)25(33)30-21-7-6-14-28-26(21)35-19-12-10-18(34-5)11-13-19/h6-7,10-15,17H,8-9H2,1-5H3,(H,30,33). The van der Waals surface area contributed by atoms with Crippen molar-refractivity contribution in [2.75, 3.05) is 12.4 Å². The van der Waals surface area contributed by atoms with Gasteiger partial charge in [-0.15, -0.1) is 0 Å². The topological polar surface area (TPSA) is 91.2 Å². The third kappa shape index (κ3) is 4.56. The minimum atomic E-state index is -0.266. The maximum absolute atomic E-state index is 13.6. The third-order valence-corrected chi connectivity index (χ3v) is 6.00. The lowest BCUT2D eigenvalue weighted by Gasteiger charge is -2.20. The zero-order valence-electron chi connectivity index (χ0n) is 20.6. The molecule has 0 radical (unpaired) electrons. The monoisotopic (exact) mass is 471 g/mol. The Bertz CT molecular complexity index is 1400. The number of nitrogens with one attached hydrogen (secondary N) is 1. The van der Waals surface area contributed by atoms with Crippen LogP contribution in [0.25, 0.3) is 11.0 Å². The molecule has 0 spiro atoms. The van der Waals surface area contributed by atoms with Crippen molar-refractivity contribution in [3.05, 3.63) is 65.6 Å². The van der Waals surface area contributed by atoms with Crippen LogP contribution in [-0.2, 0) is 5.54 Å². The van der Waals surface area contributed by atoms with Gasteiger partial charge in [0, 0.05) is 17.8 Å². The quantitative estimate of drug-likeness (QED) is 0.381. The average Bonchev–Trinajstić information content (AvgIpc) is 3.63. The van der Waals surface area contributed by atoms with Gasteiger partial charge in [0.25, 0.3) is 5.91 Å². The molecule has 1 aliphatic carbocycles. The molecule has 35 heavy (non-hydrogen) atoms. The molecule has 180 valence electrons. The zero-order chi connectivity index (χ0) is 24.7. The number of aryl methyl sites for hydroxylation is 1. The largest absolute Gasteiger partial charge is 0.497 e. The average molecular weight is 472 g/mol. The van der Waals surface area contributed by atoms with Gasteiger partial charge in [-0.1, -0.05) is 0 Å². The summed E-state index contributed by atoms with van der Waals surface area (Å²) in [6, 6.07) is 12.6. The first-order valence-electron chi connectivity index (χ1n) is 11.7. The van der Waals surface area contributed by atoms with Gasteiger partial charge < -0.3 is 14.8 Å². The Balaban J connectivity index is 1.51. The first kappa shape index (κ1) is 22.8. The van der Waals surface area contributed by atoms with Crippen LogP contribution in [0.5, 0.6) is 17.4 Å². The van der Waals surface area contributed by atoms with Crippen molar-refractivity contribution in [1.29, 1.82) is 0 Å². The number of anilines is 1. The first-order valence-corrected chi connectivity index (χ1v) is 11.7. The summed E-state index contributed by atoms with van der Waals surface area (Å²) < 4.78 is 13.1. The van der Waals surface area contributed by atoms with E-state index in [1.54, 1.807) is 49.7 Å². The van der Waals surface area contributed by atoms with Crippen molar-refractivity contribution in [3.63, 3.8) is 0 Å². The molecule has 8 heteroatoms. The summed E-state index contributed by atoms with van der Waals surface area (Å²) in [6.07, 6.45) is 3.80. The number of carbonyl (C=O) groups is 1. The van der Waals surface area contributed by atoms with Crippen LogP contribution in [0.15, 0.2) is 48.7 Å². The van der Waals surface area contributed by atoms with E-state index in [9.17, 15) is 4.79 Å². The summed E-state index contributed by atoms with van der Waals surface area (Å²) in [5, 5.41) is 8.52. The number of carbonyl (C=O) groups excluding carboxylic acids is 1. The Morgan fingerprint density at radius 3 is 2.49 bits per heavy atom. The smallest absolute Gasteiger partial charge is 0.256 e. The van der Waals surface area contributed by atoms with Crippen LogP contribution in [0.2, 0.25) is 0 Å². The van der Waals surface area contributed by atoms with E-state index >= 15 is 0 Å². The summed E-state index contributed by atoms with van der Waals surface area (Å²) in [5.74, 6) is 1.77. The number of benzene rings is 1. The predicted octanol–water partition coefficient (Wildman–Crippen LogP) is 5.82. The number of aromatic nitrogens is 4. The van der Waals surface area contributed by atoms with Gasteiger partial charge in [-0.2, -0.15) is 5.10 Å². The van der Waals surface area contributed by atoms with Crippen LogP contribution >= 0.6 is 0 Å². The minimum absolute atomic E-state index is 0.247.